The van der Waals surface area contributed by atoms with Gasteiger partial charge in [-0.2, -0.15) is 0 Å². The van der Waals surface area contributed by atoms with Crippen molar-refractivity contribution in [2.45, 2.75) is 43.8 Å². The molecule has 1 aliphatic carbocycles. The summed E-state index contributed by atoms with van der Waals surface area (Å²) in [5.41, 5.74) is 2.63. The molecule has 206 valence electrons. The first kappa shape index (κ1) is 24.3. The van der Waals surface area contributed by atoms with E-state index < -0.39 is 11.6 Å². The molecular formula is C29H30F2N8O. The number of morpholine rings is 1. The second-order valence-corrected chi connectivity index (χ2v) is 11.5. The molecular weight excluding hydrogens is 514 g/mol. The van der Waals surface area contributed by atoms with Gasteiger partial charge in [-0.05, 0) is 43.0 Å². The summed E-state index contributed by atoms with van der Waals surface area (Å²) in [6, 6.07) is 7.48. The van der Waals surface area contributed by atoms with Gasteiger partial charge in [0.2, 0.25) is 5.95 Å². The Balaban J connectivity index is 1.01. The zero-order chi connectivity index (χ0) is 26.8. The van der Waals surface area contributed by atoms with Crippen LogP contribution in [0.4, 0.5) is 20.5 Å². The van der Waals surface area contributed by atoms with Crippen molar-refractivity contribution >= 4 is 22.8 Å². The number of halogens is 2. The molecule has 1 atom stereocenters. The highest BCUT2D eigenvalue weighted by atomic mass is 19.1. The molecule has 2 saturated heterocycles. The van der Waals surface area contributed by atoms with Crippen LogP contribution in [-0.4, -0.2) is 79.7 Å². The largest absolute Gasteiger partial charge is 0.378 e. The van der Waals surface area contributed by atoms with Gasteiger partial charge in [0.25, 0.3) is 0 Å². The minimum Gasteiger partial charge on any atom is -0.378 e. The Kier molecular flexibility index (Phi) is 5.61. The molecule has 1 aromatic carbocycles. The van der Waals surface area contributed by atoms with Gasteiger partial charge < -0.3 is 14.6 Å². The lowest BCUT2D eigenvalue weighted by molar-refractivity contribution is -0.0461. The lowest BCUT2D eigenvalue weighted by Gasteiger charge is -2.43. The van der Waals surface area contributed by atoms with E-state index in [1.54, 1.807) is 0 Å². The smallest absolute Gasteiger partial charge is 0.229 e. The highest BCUT2D eigenvalue weighted by molar-refractivity contribution is 5.83. The van der Waals surface area contributed by atoms with Crippen molar-refractivity contribution in [3.05, 3.63) is 59.7 Å². The molecule has 0 amide bonds. The van der Waals surface area contributed by atoms with Crippen molar-refractivity contribution in [2.24, 2.45) is 0 Å². The lowest BCUT2D eigenvalue weighted by Crippen LogP contribution is -2.57. The summed E-state index contributed by atoms with van der Waals surface area (Å²) in [5, 5.41) is 3.07. The number of fused-ring (bicyclic) bond motifs is 5. The third-order valence-electron chi connectivity index (χ3n) is 8.91. The average molecular weight is 545 g/mol. The maximum Gasteiger partial charge on any atom is 0.229 e. The molecule has 3 fully saturated rings. The van der Waals surface area contributed by atoms with Crippen LogP contribution in [0.3, 0.4) is 0 Å². The fourth-order valence-corrected chi connectivity index (χ4v) is 6.64. The third kappa shape index (κ3) is 4.15. The van der Waals surface area contributed by atoms with Crippen LogP contribution in [0, 0.1) is 11.6 Å². The predicted molar refractivity (Wildman–Crippen MR) is 145 cm³/mol. The number of benzene rings is 1. The molecule has 9 nitrogen and oxygen atoms in total. The van der Waals surface area contributed by atoms with Crippen molar-refractivity contribution < 1.29 is 13.5 Å². The number of hydrogen-bond acceptors (Lipinski definition) is 8. The molecule has 1 unspecified atom stereocenters. The quantitative estimate of drug-likeness (QED) is 0.406. The standard InChI is InChI=1S/C29H30F2N8O/c30-21-11-19(12-23-27(21)35-25-3-4-29(5-6-29)39(23)25)26-22(31)14-33-28(36-26)34-24-2-1-18(13-32-24)15-37-7-8-38-9-10-40-17-20(38)16-37/h1-2,11-14,20H,3-10,15-17H2,(H,32,33,34,36). The van der Waals surface area contributed by atoms with E-state index in [0.29, 0.717) is 28.5 Å². The Bertz CT molecular complexity index is 1600. The molecule has 4 aromatic rings. The summed E-state index contributed by atoms with van der Waals surface area (Å²) in [4.78, 5) is 22.6. The molecule has 3 aromatic heterocycles. The first-order chi connectivity index (χ1) is 19.5. The van der Waals surface area contributed by atoms with E-state index in [0.717, 1.165) is 89.2 Å². The topological polar surface area (TPSA) is 84.2 Å². The van der Waals surface area contributed by atoms with Crippen molar-refractivity contribution in [1.82, 2.24) is 34.3 Å². The molecule has 40 heavy (non-hydrogen) atoms. The number of imidazole rings is 1. The molecule has 4 aliphatic rings. The Morgan fingerprint density at radius 2 is 1.93 bits per heavy atom. The number of hydrogen-bond donors (Lipinski definition) is 1. The minimum absolute atomic E-state index is 0.0409. The van der Waals surface area contributed by atoms with Crippen LogP contribution in [0.15, 0.2) is 36.7 Å². The summed E-state index contributed by atoms with van der Waals surface area (Å²) >= 11 is 0. The zero-order valence-corrected chi connectivity index (χ0v) is 22.1. The molecule has 1 spiro atoms. The average Bonchev–Trinajstić information content (AvgIpc) is 3.52. The monoisotopic (exact) mass is 544 g/mol. The van der Waals surface area contributed by atoms with Crippen LogP contribution in [0.25, 0.3) is 22.3 Å². The number of nitrogens with zero attached hydrogens (tertiary/aromatic N) is 7. The number of anilines is 2. The van der Waals surface area contributed by atoms with Crippen LogP contribution in [0.1, 0.15) is 30.7 Å². The van der Waals surface area contributed by atoms with Crippen LogP contribution in [0.2, 0.25) is 0 Å². The highest BCUT2D eigenvalue weighted by Crippen LogP contribution is 2.53. The first-order valence-electron chi connectivity index (χ1n) is 14.1. The number of nitrogens with one attached hydrogen (secondary N) is 1. The molecule has 3 aliphatic heterocycles. The van der Waals surface area contributed by atoms with Gasteiger partial charge in [0.1, 0.15) is 22.9 Å². The molecule has 8 rings (SSSR count). The Labute approximate surface area is 230 Å². The van der Waals surface area contributed by atoms with Gasteiger partial charge in [-0.3, -0.25) is 9.80 Å². The van der Waals surface area contributed by atoms with Crippen molar-refractivity contribution in [3.8, 4) is 11.3 Å². The maximum atomic E-state index is 15.1. The Hall–Kier alpha value is -3.54. The summed E-state index contributed by atoms with van der Waals surface area (Å²) < 4.78 is 37.9. The molecule has 1 saturated carbocycles. The lowest BCUT2D eigenvalue weighted by atomic mass is 10.1. The Morgan fingerprint density at radius 3 is 2.77 bits per heavy atom. The molecule has 0 bridgehead atoms. The Morgan fingerprint density at radius 1 is 1.00 bits per heavy atom. The number of rotatable bonds is 5. The number of pyridine rings is 1. The van der Waals surface area contributed by atoms with Gasteiger partial charge in [-0.25, -0.2) is 28.7 Å². The number of ether oxygens (including phenoxy) is 1. The summed E-state index contributed by atoms with van der Waals surface area (Å²) in [6.07, 6.45) is 6.98. The minimum atomic E-state index is -0.613. The summed E-state index contributed by atoms with van der Waals surface area (Å²) in [6.45, 7) is 6.54. The predicted octanol–water partition coefficient (Wildman–Crippen LogP) is 3.86. The molecule has 1 N–H and O–H groups in total. The van der Waals surface area contributed by atoms with E-state index >= 15 is 4.39 Å². The van der Waals surface area contributed by atoms with Crippen LogP contribution in [-0.2, 0) is 23.2 Å². The van der Waals surface area contributed by atoms with Crippen molar-refractivity contribution in [1.29, 1.82) is 0 Å². The second kappa shape index (κ2) is 9.25. The van der Waals surface area contributed by atoms with Gasteiger partial charge in [0, 0.05) is 62.5 Å². The van der Waals surface area contributed by atoms with E-state index in [2.05, 4.69) is 39.6 Å². The zero-order valence-electron chi connectivity index (χ0n) is 22.1. The van der Waals surface area contributed by atoms with Gasteiger partial charge in [-0.15, -0.1) is 0 Å². The number of aromatic nitrogens is 5. The van der Waals surface area contributed by atoms with Gasteiger partial charge in [0.05, 0.1) is 24.9 Å². The van der Waals surface area contributed by atoms with E-state index in [4.69, 9.17) is 4.74 Å². The van der Waals surface area contributed by atoms with E-state index in [-0.39, 0.29) is 17.2 Å². The molecule has 11 heteroatoms. The van der Waals surface area contributed by atoms with Gasteiger partial charge in [0.15, 0.2) is 11.6 Å². The summed E-state index contributed by atoms with van der Waals surface area (Å²) in [7, 11) is 0. The van der Waals surface area contributed by atoms with Gasteiger partial charge in [-0.1, -0.05) is 6.07 Å². The van der Waals surface area contributed by atoms with Crippen LogP contribution >= 0.6 is 0 Å². The fourth-order valence-electron chi connectivity index (χ4n) is 6.64. The van der Waals surface area contributed by atoms with E-state index in [9.17, 15) is 4.39 Å². The van der Waals surface area contributed by atoms with Gasteiger partial charge >= 0.3 is 0 Å². The van der Waals surface area contributed by atoms with Crippen molar-refractivity contribution in [3.63, 3.8) is 0 Å². The fraction of sp³-hybridized carbons (Fsp3) is 0.448. The van der Waals surface area contributed by atoms with Crippen LogP contribution < -0.4 is 5.32 Å². The van der Waals surface area contributed by atoms with Crippen LogP contribution in [0.5, 0.6) is 0 Å². The van der Waals surface area contributed by atoms with Crippen molar-refractivity contribution in [2.75, 3.05) is 44.7 Å². The van der Waals surface area contributed by atoms with E-state index in [1.165, 1.54) is 6.07 Å². The highest BCUT2D eigenvalue weighted by Gasteiger charge is 2.50. The van der Waals surface area contributed by atoms with E-state index in [1.807, 2.05) is 24.4 Å². The summed E-state index contributed by atoms with van der Waals surface area (Å²) in [5.74, 6) is 0.583. The SMILES string of the molecule is Fc1cnc(Nc2ccc(CN3CCN4CCOCC4C3)cn2)nc1-c1cc(F)c2nc3n(c2c1)C1(CC3)CC1. The normalized spacial score (nSPS) is 22.0. The first-order valence-corrected chi connectivity index (χ1v) is 14.1. The second-order valence-electron chi connectivity index (χ2n) is 11.5. The number of piperazine rings is 1. The molecule has 6 heterocycles. The third-order valence-corrected chi connectivity index (χ3v) is 8.91. The maximum absolute atomic E-state index is 15.1. The number of aryl methyl sites for hydroxylation is 1. The molecule has 0 radical (unpaired) electrons.